The van der Waals surface area contributed by atoms with E-state index in [4.69, 9.17) is 37.8 Å². The molecule has 0 bridgehead atoms. The summed E-state index contributed by atoms with van der Waals surface area (Å²) in [5.74, 6) is -8.13. The molecule has 4 aliphatic heterocycles. The summed E-state index contributed by atoms with van der Waals surface area (Å²) in [4.78, 5) is 95.3. The van der Waals surface area contributed by atoms with Gasteiger partial charge in [0.15, 0.2) is 11.6 Å². The number of halogens is 10. The summed E-state index contributed by atoms with van der Waals surface area (Å²) in [5.41, 5.74) is -3.53. The zero-order valence-corrected chi connectivity index (χ0v) is 64.2. The number of alkyl halides is 6. The minimum Gasteiger partial charge on any atom is -0.481 e. The number of benzene rings is 4. The lowest BCUT2D eigenvalue weighted by atomic mass is 9.89. The van der Waals surface area contributed by atoms with E-state index in [0.29, 0.717) is 96.2 Å². The number of carboxylic acid groups (broad SMARTS) is 1. The number of sulfonamides is 2. The van der Waals surface area contributed by atoms with Crippen molar-refractivity contribution in [2.24, 2.45) is 39.6 Å². The lowest BCUT2D eigenvalue weighted by molar-refractivity contribution is -0.147. The van der Waals surface area contributed by atoms with Gasteiger partial charge in [0, 0.05) is 47.6 Å². The van der Waals surface area contributed by atoms with E-state index in [0.717, 1.165) is 65.8 Å². The number of ketones is 2. The number of primary sulfonamides is 1. The Morgan fingerprint density at radius 3 is 1.44 bits per heavy atom. The smallest absolute Gasteiger partial charge is 0.416 e. The summed E-state index contributed by atoms with van der Waals surface area (Å²) >= 11 is 14.8. The first-order chi connectivity index (χ1) is 51.2. The van der Waals surface area contributed by atoms with Crippen molar-refractivity contribution >= 4 is 122 Å². The average molecular weight is 1640 g/mol. The van der Waals surface area contributed by atoms with E-state index in [2.05, 4.69) is 14.7 Å². The molecule has 4 N–H and O–H groups in total. The first-order valence-electron chi connectivity index (χ1n) is 36.3. The molecule has 8 aliphatic rings. The molecule has 4 saturated carbocycles. The van der Waals surface area contributed by atoms with E-state index >= 15 is 0 Å². The van der Waals surface area contributed by atoms with Crippen molar-refractivity contribution in [3.05, 3.63) is 141 Å². The van der Waals surface area contributed by atoms with Crippen LogP contribution in [0.3, 0.4) is 0 Å². The molecule has 0 radical (unpaired) electrons. The number of aromatic nitrogens is 2. The Labute approximate surface area is 642 Å². The molecule has 10 atom stereocenters. The van der Waals surface area contributed by atoms with Gasteiger partial charge in [0.25, 0.3) is 10.4 Å². The molecule has 4 aromatic carbocycles. The molecule has 33 heteroatoms. The van der Waals surface area contributed by atoms with Crippen LogP contribution in [-0.2, 0) is 74.0 Å². The predicted octanol–water partition coefficient (Wildman–Crippen LogP) is 15.5. The van der Waals surface area contributed by atoms with Gasteiger partial charge in [-0.1, -0.05) is 95.9 Å². The lowest BCUT2D eigenvalue weighted by Crippen LogP contribution is -2.47. The number of fused-ring (bicyclic) bond motifs is 6. The number of allylic oxidation sites excluding steroid dienone is 4. The van der Waals surface area contributed by atoms with Crippen LogP contribution in [0.25, 0.3) is 20.4 Å². The Morgan fingerprint density at radius 2 is 1.04 bits per heavy atom. The van der Waals surface area contributed by atoms with Gasteiger partial charge in [-0.3, -0.25) is 33.5 Å². The largest absolute Gasteiger partial charge is 0.481 e. The number of ether oxygens (including phenoxy) is 2. The Balaban J connectivity index is 0.000000185. The van der Waals surface area contributed by atoms with E-state index in [1.165, 1.54) is 32.5 Å². The molecular weight excluding hydrogens is 1560 g/mol. The monoisotopic (exact) mass is 1640 g/mol. The summed E-state index contributed by atoms with van der Waals surface area (Å²) < 4.78 is 172. The number of carbonyl (C=O) groups is 6. The zero-order valence-electron chi connectivity index (χ0n) is 59.5. The molecule has 6 heterocycles. The van der Waals surface area contributed by atoms with Crippen LogP contribution < -0.4 is 19.3 Å². The SMILES string of the molecule is CC1(S(=O)(=O)NC(=O)[C@]23CC(=O)[C@@H]4C[C@@H](Oc5nc6ccc(Cl)cc6s5)CN4C(=O)[C@@H](Cc4cc(F)cc(C(F)(F)F)c4)CCCCC/C=C\[C@@H]2C3)CC1.CC1(S(N)(=O)=O)CC1.O=C1C[C@]2(C(=O)O)C[C@H]2/C=C\CCCCC[C@H](Cc2cc(F)cc(C(F)(F)F)c2)C(=O)N2C[C@H](Oc3nc4ccc(Cl)cc4s3)C[C@@H]12. The number of nitrogens with zero attached hydrogens (tertiary/aromatic N) is 4. The molecule has 19 nitrogen and oxygen atoms in total. The molecule has 6 aromatic rings. The summed E-state index contributed by atoms with van der Waals surface area (Å²) in [6, 6.07) is 12.8. The number of amides is 3. The van der Waals surface area contributed by atoms with Crippen LogP contribution in [0.2, 0.25) is 10.0 Å². The number of nitrogens with one attached hydrogen (secondary N) is 1. The third-order valence-corrected chi connectivity index (χ3v) is 28.7. The van der Waals surface area contributed by atoms with Gasteiger partial charge in [0.05, 0.1) is 77.1 Å². The van der Waals surface area contributed by atoms with Gasteiger partial charge in [0.2, 0.25) is 37.8 Å². The van der Waals surface area contributed by atoms with Crippen LogP contribution in [0.1, 0.15) is 165 Å². The van der Waals surface area contributed by atoms with Crippen LogP contribution in [0.15, 0.2) is 97.1 Å². The van der Waals surface area contributed by atoms with E-state index < -0.39 is 147 Å². The second kappa shape index (κ2) is 31.8. The van der Waals surface area contributed by atoms with Crippen LogP contribution in [0, 0.1) is 46.1 Å². The molecule has 2 saturated heterocycles. The average Bonchev–Trinajstić information content (AvgIpc) is 1.57. The van der Waals surface area contributed by atoms with Gasteiger partial charge in [-0.25, -0.2) is 40.7 Å². The van der Waals surface area contributed by atoms with Gasteiger partial charge in [-0.15, -0.1) is 0 Å². The third-order valence-electron chi connectivity index (χ3n) is 22.4. The van der Waals surface area contributed by atoms with Crippen molar-refractivity contribution < 1.29 is 95.3 Å². The highest BCUT2D eigenvalue weighted by molar-refractivity contribution is 7.91. The molecule has 6 fully saturated rings. The van der Waals surface area contributed by atoms with Crippen LogP contribution in [-0.4, -0.2) is 124 Å². The number of carboxylic acids is 1. The Bertz CT molecular complexity index is 4820. The second-order valence-electron chi connectivity index (χ2n) is 30.7. The summed E-state index contributed by atoms with van der Waals surface area (Å²) in [6.45, 7) is 3.19. The second-order valence-corrected chi connectivity index (χ2v) is 37.8. The maximum Gasteiger partial charge on any atom is 0.416 e. The van der Waals surface area contributed by atoms with E-state index in [-0.39, 0.29) is 92.6 Å². The number of hydrogen-bond donors (Lipinski definition) is 3. The molecule has 0 unspecified atom stereocenters. The van der Waals surface area contributed by atoms with Crippen molar-refractivity contribution in [1.82, 2.24) is 24.5 Å². The Morgan fingerprint density at radius 1 is 0.615 bits per heavy atom. The standard InChI is InChI=1S/C38H40ClF4N3O6S2.C34H33ClF4N2O5S.C4H9NO2S/c1-36(11-12-36)54(50,51)45-34(49)37-19-24(37)8-6-4-2-3-5-7-23(13-22-14-25(38(41,42)43)16-27(40)15-22)33(48)46-21-28(18-30(46)31(47)20-37)52-35-44-29-10-9-26(39)17-32(29)53-35;35-23-8-9-26-29(14-23)47-32(40-26)46-25-15-27-28(42)17-33(31(44)45)16-21(33)7-5-3-1-2-4-6-20(30(43)41(27)18-25)10-19-11-22(34(37,38)39)13-24(36)12-19;1-4(2-3-4)8(5,6)7/h6,8-10,14-17,23-24,28,30H,2-5,7,11-13,18-21H2,1H3,(H,45,49);5,7-9,11-14,20-21,25,27H,1-4,6,10,15-18H2,(H,44,45);2-3H2,1H3,(H2,5,6,7)/b8-6-;7-5-;/t23-,24-,28-,30+,37-;20-,21-,25-,27+,33-;/m11./s1. The number of nitrogens with two attached hydrogens (primary N) is 1. The fourth-order valence-corrected chi connectivity index (χ4v) is 19.4. The Hall–Kier alpha value is -7.16. The number of thiazole rings is 2. The fraction of sp³-hybridized carbons (Fsp3) is 0.526. The van der Waals surface area contributed by atoms with E-state index in [1.807, 2.05) is 24.3 Å². The Kier molecular flexibility index (Phi) is 23.7. The molecule has 2 aromatic heterocycles. The highest BCUT2D eigenvalue weighted by Crippen LogP contribution is 2.59. The van der Waals surface area contributed by atoms with Crippen LogP contribution >= 0.6 is 45.9 Å². The van der Waals surface area contributed by atoms with Gasteiger partial charge in [0.1, 0.15) is 23.8 Å². The van der Waals surface area contributed by atoms with Crippen molar-refractivity contribution in [1.29, 1.82) is 0 Å². The van der Waals surface area contributed by atoms with Crippen molar-refractivity contribution in [3.8, 4) is 10.4 Å². The quantitative estimate of drug-likeness (QED) is 0.0716. The van der Waals surface area contributed by atoms with Gasteiger partial charge < -0.3 is 24.4 Å². The minimum atomic E-state index is -4.79. The van der Waals surface area contributed by atoms with Gasteiger partial charge >= 0.3 is 18.3 Å². The number of Topliss-reactive ketones (excluding diaryl/α,β-unsaturated/α-hetero) is 2. The van der Waals surface area contributed by atoms with E-state index in [1.54, 1.807) is 50.2 Å². The van der Waals surface area contributed by atoms with Crippen molar-refractivity contribution in [3.63, 3.8) is 0 Å². The third kappa shape index (κ3) is 19.0. The summed E-state index contributed by atoms with van der Waals surface area (Å²) in [6.07, 6.45) is 4.77. The number of rotatable bonds is 13. The minimum absolute atomic E-state index is 0.00275. The first kappa shape index (κ1) is 81.3. The number of hydrogen-bond acceptors (Lipinski definition) is 16. The number of aliphatic carboxylic acids is 1. The number of carbonyl (C=O) groups excluding carboxylic acids is 5. The summed E-state index contributed by atoms with van der Waals surface area (Å²) in [5, 5.41) is 16.6. The zero-order chi connectivity index (χ0) is 78.6. The topological polar surface area (TPSA) is 280 Å². The summed E-state index contributed by atoms with van der Waals surface area (Å²) in [7, 11) is -7.23. The predicted molar refractivity (Wildman–Crippen MR) is 393 cm³/mol. The lowest BCUT2D eigenvalue weighted by Gasteiger charge is -2.29. The molecule has 14 rings (SSSR count). The normalized spacial score (nSPS) is 27.8. The molecular formula is C76H82Cl2F8N6O13S4. The van der Waals surface area contributed by atoms with Crippen molar-refractivity contribution in [2.45, 2.75) is 201 Å². The molecule has 588 valence electrons. The van der Waals surface area contributed by atoms with Gasteiger partial charge in [-0.05, 0) is 199 Å². The van der Waals surface area contributed by atoms with E-state index in [9.17, 15) is 85.8 Å². The molecule has 4 aliphatic carbocycles. The molecule has 109 heavy (non-hydrogen) atoms. The molecule has 3 amide bonds. The highest BCUT2D eigenvalue weighted by atomic mass is 35.5. The highest BCUT2D eigenvalue weighted by Gasteiger charge is 2.64. The maximum absolute atomic E-state index is 14.6. The van der Waals surface area contributed by atoms with Crippen LogP contribution in [0.4, 0.5) is 35.1 Å². The first-order valence-corrected chi connectivity index (χ1v) is 41.7. The van der Waals surface area contributed by atoms with Crippen LogP contribution in [0.5, 0.6) is 10.4 Å². The molecule has 0 spiro atoms. The van der Waals surface area contributed by atoms with Crippen molar-refractivity contribution in [2.75, 3.05) is 13.1 Å². The fourth-order valence-electron chi connectivity index (χ4n) is 15.1. The maximum atomic E-state index is 14.6. The van der Waals surface area contributed by atoms with Gasteiger partial charge in [-0.2, -0.15) is 26.3 Å².